The molecule has 0 spiro atoms. The number of rotatable bonds is 2. The number of nitrogens with zero attached hydrogens (tertiary/aromatic N) is 1. The monoisotopic (exact) mass is 241 g/mol. The third-order valence-electron chi connectivity index (χ3n) is 3.23. The Kier molecular flexibility index (Phi) is 4.17. The Hall–Kier alpha value is -1.06. The number of hydrogen-bond donors (Lipinski definition) is 1. The van der Waals surface area contributed by atoms with Gasteiger partial charge >= 0.3 is 5.97 Å². The zero-order valence-corrected chi connectivity index (χ0v) is 11.2. The molecule has 17 heavy (non-hydrogen) atoms. The van der Waals surface area contributed by atoms with E-state index in [-0.39, 0.29) is 23.3 Å². The highest BCUT2D eigenvalue weighted by molar-refractivity contribution is 5.78. The quantitative estimate of drug-likeness (QED) is 0.805. The molecule has 0 aliphatic carbocycles. The lowest BCUT2D eigenvalue weighted by Crippen LogP contribution is -2.46. The molecule has 1 saturated heterocycles. The summed E-state index contributed by atoms with van der Waals surface area (Å²) < 4.78 is 0. The van der Waals surface area contributed by atoms with Gasteiger partial charge < -0.3 is 10.0 Å². The summed E-state index contributed by atoms with van der Waals surface area (Å²) in [5, 5.41) is 8.96. The first-order valence-corrected chi connectivity index (χ1v) is 6.23. The van der Waals surface area contributed by atoms with E-state index in [2.05, 4.69) is 0 Å². The van der Waals surface area contributed by atoms with Crippen LogP contribution in [0.3, 0.4) is 0 Å². The number of carbonyl (C=O) groups excluding carboxylic acids is 1. The van der Waals surface area contributed by atoms with Gasteiger partial charge in [0.25, 0.3) is 0 Å². The largest absolute Gasteiger partial charge is 0.481 e. The maximum Gasteiger partial charge on any atom is 0.306 e. The lowest BCUT2D eigenvalue weighted by Gasteiger charge is -2.37. The topological polar surface area (TPSA) is 57.6 Å². The lowest BCUT2D eigenvalue weighted by atomic mass is 9.88. The van der Waals surface area contributed by atoms with E-state index in [1.807, 2.05) is 32.6 Å². The fourth-order valence-electron chi connectivity index (χ4n) is 2.32. The molecule has 98 valence electrons. The smallest absolute Gasteiger partial charge is 0.306 e. The number of amides is 1. The minimum Gasteiger partial charge on any atom is -0.481 e. The van der Waals surface area contributed by atoms with E-state index in [4.69, 9.17) is 5.11 Å². The van der Waals surface area contributed by atoms with Crippen molar-refractivity contribution in [3.05, 3.63) is 0 Å². The lowest BCUT2D eigenvalue weighted by molar-refractivity contribution is -0.148. The molecule has 0 aromatic rings. The molecule has 2 atom stereocenters. The van der Waals surface area contributed by atoms with Gasteiger partial charge in [-0.1, -0.05) is 20.8 Å². The van der Waals surface area contributed by atoms with Crippen molar-refractivity contribution in [1.29, 1.82) is 0 Å². The second kappa shape index (κ2) is 5.07. The molecule has 1 rings (SSSR count). The molecule has 1 N–H and O–H groups in total. The van der Waals surface area contributed by atoms with Crippen molar-refractivity contribution in [3.8, 4) is 0 Å². The average Bonchev–Trinajstić information content (AvgIpc) is 2.14. The van der Waals surface area contributed by atoms with E-state index in [0.717, 1.165) is 0 Å². The van der Waals surface area contributed by atoms with Crippen LogP contribution in [0, 0.1) is 11.3 Å². The van der Waals surface area contributed by atoms with E-state index < -0.39 is 5.97 Å². The number of aliphatic carboxylic acids is 1. The van der Waals surface area contributed by atoms with Crippen molar-refractivity contribution in [3.63, 3.8) is 0 Å². The first kappa shape index (κ1) is 14.0. The normalized spacial score (nSPS) is 25.8. The van der Waals surface area contributed by atoms with E-state index in [0.29, 0.717) is 25.8 Å². The molecule has 1 fully saturated rings. The Morgan fingerprint density at radius 1 is 1.35 bits per heavy atom. The van der Waals surface area contributed by atoms with Crippen molar-refractivity contribution in [2.24, 2.45) is 11.3 Å². The standard InChI is InChI=1S/C13H23NO3/c1-9-7-10(12(16)17)5-6-14(9)11(15)8-13(2,3)4/h9-10H,5-8H2,1-4H3,(H,16,17). The number of piperidine rings is 1. The molecule has 0 bridgehead atoms. The summed E-state index contributed by atoms with van der Waals surface area (Å²) in [4.78, 5) is 24.8. The van der Waals surface area contributed by atoms with Crippen LogP contribution >= 0.6 is 0 Å². The van der Waals surface area contributed by atoms with Gasteiger partial charge in [0.2, 0.25) is 5.91 Å². The van der Waals surface area contributed by atoms with E-state index in [1.165, 1.54) is 0 Å². The number of carboxylic acids is 1. The highest BCUT2D eigenvalue weighted by Crippen LogP contribution is 2.26. The summed E-state index contributed by atoms with van der Waals surface area (Å²) in [6, 6.07) is 0.0414. The number of carbonyl (C=O) groups is 2. The van der Waals surface area contributed by atoms with Gasteiger partial charge in [-0.15, -0.1) is 0 Å². The van der Waals surface area contributed by atoms with Crippen LogP contribution in [0.5, 0.6) is 0 Å². The third kappa shape index (κ3) is 4.02. The van der Waals surface area contributed by atoms with Crippen molar-refractivity contribution >= 4 is 11.9 Å². The Morgan fingerprint density at radius 3 is 2.35 bits per heavy atom. The third-order valence-corrected chi connectivity index (χ3v) is 3.23. The van der Waals surface area contributed by atoms with Crippen LogP contribution in [-0.2, 0) is 9.59 Å². The van der Waals surface area contributed by atoms with Gasteiger partial charge in [-0.3, -0.25) is 9.59 Å². The predicted octanol–water partition coefficient (Wildman–Crippen LogP) is 2.13. The first-order chi connectivity index (χ1) is 7.70. The van der Waals surface area contributed by atoms with Crippen LogP contribution in [0.15, 0.2) is 0 Å². The second-order valence-corrected chi connectivity index (χ2v) is 6.23. The molecule has 0 aromatic heterocycles. The van der Waals surface area contributed by atoms with Gasteiger partial charge in [-0.05, 0) is 25.2 Å². The fraction of sp³-hybridized carbons (Fsp3) is 0.846. The Bertz CT molecular complexity index is 306. The van der Waals surface area contributed by atoms with E-state index in [1.54, 1.807) is 0 Å². The zero-order chi connectivity index (χ0) is 13.2. The number of hydrogen-bond acceptors (Lipinski definition) is 2. The number of carboxylic acid groups (broad SMARTS) is 1. The maximum absolute atomic E-state index is 12.1. The first-order valence-electron chi connectivity index (χ1n) is 6.23. The van der Waals surface area contributed by atoms with Crippen molar-refractivity contribution < 1.29 is 14.7 Å². The molecule has 1 heterocycles. The maximum atomic E-state index is 12.1. The van der Waals surface area contributed by atoms with Gasteiger partial charge in [0.05, 0.1) is 5.92 Å². The van der Waals surface area contributed by atoms with Crippen LogP contribution in [-0.4, -0.2) is 34.5 Å². The molecule has 0 aromatic carbocycles. The molecular formula is C13H23NO3. The molecular weight excluding hydrogens is 218 g/mol. The molecule has 4 nitrogen and oxygen atoms in total. The van der Waals surface area contributed by atoms with Crippen LogP contribution in [0.4, 0.5) is 0 Å². The van der Waals surface area contributed by atoms with Gasteiger partial charge in [0.15, 0.2) is 0 Å². The summed E-state index contributed by atoms with van der Waals surface area (Å²) >= 11 is 0. The zero-order valence-electron chi connectivity index (χ0n) is 11.2. The molecule has 1 amide bonds. The average molecular weight is 241 g/mol. The highest BCUT2D eigenvalue weighted by atomic mass is 16.4. The van der Waals surface area contributed by atoms with Crippen molar-refractivity contribution in [2.45, 2.75) is 53.0 Å². The second-order valence-electron chi connectivity index (χ2n) is 6.23. The van der Waals surface area contributed by atoms with E-state index in [9.17, 15) is 9.59 Å². The highest BCUT2D eigenvalue weighted by Gasteiger charge is 2.33. The summed E-state index contributed by atoms with van der Waals surface area (Å²) in [7, 11) is 0. The minimum atomic E-state index is -0.736. The summed E-state index contributed by atoms with van der Waals surface area (Å²) in [6.07, 6.45) is 1.68. The van der Waals surface area contributed by atoms with Crippen molar-refractivity contribution in [1.82, 2.24) is 4.90 Å². The van der Waals surface area contributed by atoms with Crippen LogP contribution in [0.1, 0.15) is 47.0 Å². The number of likely N-dealkylation sites (tertiary alicyclic amines) is 1. The van der Waals surface area contributed by atoms with Gasteiger partial charge in [-0.25, -0.2) is 0 Å². The molecule has 1 aliphatic rings. The molecule has 4 heteroatoms. The predicted molar refractivity (Wildman–Crippen MR) is 65.6 cm³/mol. The van der Waals surface area contributed by atoms with Gasteiger partial charge in [0, 0.05) is 19.0 Å². The summed E-state index contributed by atoms with van der Waals surface area (Å²) in [6.45, 7) is 8.64. The Labute approximate surface area is 103 Å². The molecule has 1 aliphatic heterocycles. The van der Waals surface area contributed by atoms with Crippen molar-refractivity contribution in [2.75, 3.05) is 6.54 Å². The molecule has 0 radical (unpaired) electrons. The molecule has 0 saturated carbocycles. The summed E-state index contributed by atoms with van der Waals surface area (Å²) in [5.41, 5.74) is -0.0134. The van der Waals surface area contributed by atoms with Crippen LogP contribution in [0.25, 0.3) is 0 Å². The SMILES string of the molecule is CC1CC(C(=O)O)CCN1C(=O)CC(C)(C)C. The summed E-state index contributed by atoms with van der Waals surface area (Å²) in [5.74, 6) is -0.878. The van der Waals surface area contributed by atoms with Gasteiger partial charge in [0.1, 0.15) is 0 Å². The minimum absolute atomic E-state index is 0.0134. The fourth-order valence-corrected chi connectivity index (χ4v) is 2.32. The van der Waals surface area contributed by atoms with Crippen LogP contribution < -0.4 is 0 Å². The van der Waals surface area contributed by atoms with Gasteiger partial charge in [-0.2, -0.15) is 0 Å². The Morgan fingerprint density at radius 2 is 1.94 bits per heavy atom. The van der Waals surface area contributed by atoms with Crippen LogP contribution in [0.2, 0.25) is 0 Å². The molecule has 2 unspecified atom stereocenters. The van der Waals surface area contributed by atoms with E-state index >= 15 is 0 Å². The Balaban J connectivity index is 2.58.